The number of ether oxygens (including phenoxy) is 2. The normalized spacial score (nSPS) is 16.2. The summed E-state index contributed by atoms with van der Waals surface area (Å²) in [5, 5.41) is 9.21. The average molecular weight is 356 g/mol. The number of aromatic nitrogens is 1. The van der Waals surface area contributed by atoms with E-state index in [1.54, 1.807) is 20.4 Å². The molecular weight excluding hydrogens is 332 g/mol. The van der Waals surface area contributed by atoms with Crippen LogP contribution in [0, 0.1) is 5.92 Å². The Morgan fingerprint density at radius 2 is 1.88 bits per heavy atom. The summed E-state index contributed by atoms with van der Waals surface area (Å²) in [7, 11) is 3.25. The fraction of sp³-hybridized carbons (Fsp3) is 0.400. The summed E-state index contributed by atoms with van der Waals surface area (Å²) in [5.74, 6) is 1.79. The summed E-state index contributed by atoms with van der Waals surface area (Å²) in [6.07, 6.45) is 2.57. The highest BCUT2D eigenvalue weighted by molar-refractivity contribution is 5.65. The number of carbonyl (C=O) groups is 1. The number of carboxylic acid groups (broad SMARTS) is 1. The number of piperidine rings is 1. The second-order valence-electron chi connectivity index (χ2n) is 6.45. The van der Waals surface area contributed by atoms with E-state index >= 15 is 0 Å². The van der Waals surface area contributed by atoms with E-state index in [1.165, 1.54) is 4.90 Å². The Bertz CT molecular complexity index is 743. The Balaban J connectivity index is 1.94. The van der Waals surface area contributed by atoms with Crippen LogP contribution in [0.3, 0.4) is 0 Å². The molecule has 0 bridgehead atoms. The second-order valence-corrected chi connectivity index (χ2v) is 6.45. The van der Waals surface area contributed by atoms with E-state index in [4.69, 9.17) is 9.47 Å². The van der Waals surface area contributed by atoms with E-state index in [2.05, 4.69) is 4.98 Å². The minimum atomic E-state index is -0.844. The van der Waals surface area contributed by atoms with Gasteiger partial charge < -0.3 is 19.5 Å². The monoisotopic (exact) mass is 356 g/mol. The lowest BCUT2D eigenvalue weighted by atomic mass is 9.78. The molecule has 1 aliphatic rings. The van der Waals surface area contributed by atoms with Crippen molar-refractivity contribution in [2.45, 2.75) is 18.8 Å². The Hall–Kier alpha value is -2.76. The number of likely N-dealkylation sites (tertiary alicyclic amines) is 1. The number of amides is 1. The zero-order valence-electron chi connectivity index (χ0n) is 15.1. The van der Waals surface area contributed by atoms with Crippen molar-refractivity contribution in [3.05, 3.63) is 53.9 Å². The molecule has 1 aromatic heterocycles. The van der Waals surface area contributed by atoms with Crippen LogP contribution in [0.1, 0.15) is 30.0 Å². The molecule has 26 heavy (non-hydrogen) atoms. The SMILES string of the molecule is COc1ccc(C(c2ccccn2)C2CCN(C(=O)O)CC2)cc1OC. The molecule has 0 radical (unpaired) electrons. The van der Waals surface area contributed by atoms with Crippen LogP contribution in [-0.4, -0.2) is 48.4 Å². The number of hydrogen-bond acceptors (Lipinski definition) is 4. The standard InChI is InChI=1S/C20H24N2O4/c1-25-17-7-6-15(13-18(17)26-2)19(16-5-3-4-10-21-16)14-8-11-22(12-9-14)20(23)24/h3-7,10,13-14,19H,8-9,11-12H2,1-2H3,(H,23,24). The van der Waals surface area contributed by atoms with Gasteiger partial charge in [0.2, 0.25) is 0 Å². The van der Waals surface area contributed by atoms with Crippen molar-refractivity contribution in [1.29, 1.82) is 0 Å². The molecule has 1 amide bonds. The van der Waals surface area contributed by atoms with Gasteiger partial charge in [0.05, 0.1) is 14.2 Å². The number of benzene rings is 1. The van der Waals surface area contributed by atoms with E-state index in [1.807, 2.05) is 36.4 Å². The minimum absolute atomic E-state index is 0.0898. The third-order valence-corrected chi connectivity index (χ3v) is 5.05. The zero-order valence-corrected chi connectivity index (χ0v) is 15.1. The van der Waals surface area contributed by atoms with Crippen LogP contribution in [0.4, 0.5) is 4.79 Å². The number of hydrogen-bond donors (Lipinski definition) is 1. The molecule has 1 N–H and O–H groups in total. The van der Waals surface area contributed by atoms with Crippen LogP contribution in [0.5, 0.6) is 11.5 Å². The maximum absolute atomic E-state index is 11.2. The van der Waals surface area contributed by atoms with Crippen LogP contribution < -0.4 is 9.47 Å². The molecule has 1 fully saturated rings. The van der Waals surface area contributed by atoms with Gasteiger partial charge in [-0.3, -0.25) is 4.98 Å². The summed E-state index contributed by atoms with van der Waals surface area (Å²) in [5.41, 5.74) is 2.10. The smallest absolute Gasteiger partial charge is 0.407 e. The predicted molar refractivity (Wildman–Crippen MR) is 97.9 cm³/mol. The quantitative estimate of drug-likeness (QED) is 0.886. The third-order valence-electron chi connectivity index (χ3n) is 5.05. The molecule has 6 heteroatoms. The van der Waals surface area contributed by atoms with Crippen LogP contribution in [0.25, 0.3) is 0 Å². The van der Waals surface area contributed by atoms with E-state index < -0.39 is 6.09 Å². The van der Waals surface area contributed by atoms with Crippen molar-refractivity contribution in [2.75, 3.05) is 27.3 Å². The molecule has 1 unspecified atom stereocenters. The predicted octanol–water partition coefficient (Wildman–Crippen LogP) is 3.62. The molecule has 0 saturated carbocycles. The largest absolute Gasteiger partial charge is 0.493 e. The maximum atomic E-state index is 11.2. The molecule has 2 heterocycles. The van der Waals surface area contributed by atoms with Crippen LogP contribution in [0.2, 0.25) is 0 Å². The van der Waals surface area contributed by atoms with Gasteiger partial charge in [0, 0.05) is 30.9 Å². The van der Waals surface area contributed by atoms with Gasteiger partial charge in [-0.15, -0.1) is 0 Å². The lowest BCUT2D eigenvalue weighted by Gasteiger charge is -2.35. The first-order chi connectivity index (χ1) is 12.6. The molecule has 0 spiro atoms. The van der Waals surface area contributed by atoms with Gasteiger partial charge in [-0.2, -0.15) is 0 Å². The topological polar surface area (TPSA) is 71.9 Å². The lowest BCUT2D eigenvalue weighted by molar-refractivity contribution is 0.121. The van der Waals surface area contributed by atoms with Crippen molar-refractivity contribution >= 4 is 6.09 Å². The fourth-order valence-electron chi connectivity index (χ4n) is 3.71. The first-order valence-corrected chi connectivity index (χ1v) is 8.74. The van der Waals surface area contributed by atoms with Gasteiger partial charge in [0.25, 0.3) is 0 Å². The van der Waals surface area contributed by atoms with E-state index in [-0.39, 0.29) is 5.92 Å². The summed E-state index contributed by atoms with van der Waals surface area (Å²) in [6, 6.07) is 11.9. The van der Waals surface area contributed by atoms with Crippen LogP contribution in [-0.2, 0) is 0 Å². The van der Waals surface area contributed by atoms with Crippen molar-refractivity contribution in [1.82, 2.24) is 9.88 Å². The van der Waals surface area contributed by atoms with E-state index in [0.29, 0.717) is 30.5 Å². The van der Waals surface area contributed by atoms with Gasteiger partial charge in [-0.1, -0.05) is 12.1 Å². The first kappa shape index (κ1) is 18.0. The zero-order chi connectivity index (χ0) is 18.5. The number of nitrogens with zero attached hydrogens (tertiary/aromatic N) is 2. The summed E-state index contributed by atoms with van der Waals surface area (Å²) < 4.78 is 10.8. The molecule has 1 aromatic carbocycles. The molecule has 138 valence electrons. The second kappa shape index (κ2) is 8.08. The molecule has 1 atom stereocenters. The van der Waals surface area contributed by atoms with Crippen molar-refractivity contribution in [3.8, 4) is 11.5 Å². The van der Waals surface area contributed by atoms with Crippen LogP contribution in [0.15, 0.2) is 42.6 Å². The summed E-state index contributed by atoms with van der Waals surface area (Å²) >= 11 is 0. The number of rotatable bonds is 5. The third kappa shape index (κ3) is 3.74. The van der Waals surface area contributed by atoms with Gasteiger partial charge in [0.15, 0.2) is 11.5 Å². The maximum Gasteiger partial charge on any atom is 0.407 e. The minimum Gasteiger partial charge on any atom is -0.493 e. The van der Waals surface area contributed by atoms with Crippen molar-refractivity contribution < 1.29 is 19.4 Å². The summed E-state index contributed by atoms with van der Waals surface area (Å²) in [6.45, 7) is 1.10. The van der Waals surface area contributed by atoms with Crippen molar-refractivity contribution in [3.63, 3.8) is 0 Å². The molecule has 1 aliphatic heterocycles. The number of pyridine rings is 1. The molecule has 6 nitrogen and oxygen atoms in total. The molecule has 1 saturated heterocycles. The Morgan fingerprint density at radius 3 is 2.46 bits per heavy atom. The fourth-order valence-corrected chi connectivity index (χ4v) is 3.71. The average Bonchev–Trinajstić information content (AvgIpc) is 2.69. The highest BCUT2D eigenvalue weighted by atomic mass is 16.5. The van der Waals surface area contributed by atoms with E-state index in [0.717, 1.165) is 24.1 Å². The molecule has 2 aromatic rings. The van der Waals surface area contributed by atoms with Crippen molar-refractivity contribution in [2.24, 2.45) is 5.92 Å². The Labute approximate surface area is 153 Å². The number of methoxy groups -OCH3 is 2. The van der Waals surface area contributed by atoms with Crippen LogP contribution >= 0.6 is 0 Å². The van der Waals surface area contributed by atoms with Gasteiger partial charge >= 0.3 is 6.09 Å². The Morgan fingerprint density at radius 1 is 1.15 bits per heavy atom. The van der Waals surface area contributed by atoms with Gasteiger partial charge in [0.1, 0.15) is 0 Å². The first-order valence-electron chi connectivity index (χ1n) is 8.74. The molecular formula is C20H24N2O4. The lowest BCUT2D eigenvalue weighted by Crippen LogP contribution is -2.39. The van der Waals surface area contributed by atoms with Gasteiger partial charge in [-0.05, 0) is 48.6 Å². The molecule has 0 aliphatic carbocycles. The summed E-state index contributed by atoms with van der Waals surface area (Å²) in [4.78, 5) is 17.3. The van der Waals surface area contributed by atoms with E-state index in [9.17, 15) is 9.90 Å². The Kier molecular flexibility index (Phi) is 5.61. The highest BCUT2D eigenvalue weighted by Crippen LogP contribution is 2.40. The van der Waals surface area contributed by atoms with Gasteiger partial charge in [-0.25, -0.2) is 4.79 Å². The highest BCUT2D eigenvalue weighted by Gasteiger charge is 2.31. The molecule has 3 rings (SSSR count).